The lowest BCUT2D eigenvalue weighted by Crippen LogP contribution is -2.42. The van der Waals surface area contributed by atoms with E-state index in [1.807, 2.05) is 72.8 Å². The van der Waals surface area contributed by atoms with Crippen molar-refractivity contribution in [3.05, 3.63) is 118 Å². The van der Waals surface area contributed by atoms with Crippen LogP contribution in [0.15, 0.2) is 90.0 Å². The molecule has 0 saturated heterocycles. The van der Waals surface area contributed by atoms with Gasteiger partial charge in [0.15, 0.2) is 16.6 Å². The number of nitrogens with one attached hydrogen (secondary N) is 2. The Kier molecular flexibility index (Phi) is 20.6. The summed E-state index contributed by atoms with van der Waals surface area (Å²) in [6.07, 6.45) is 9.85. The van der Waals surface area contributed by atoms with E-state index in [0.29, 0.717) is 81.5 Å². The number of aromatic nitrogens is 4. The Morgan fingerprint density at radius 1 is 0.549 bits per heavy atom. The van der Waals surface area contributed by atoms with Crippen molar-refractivity contribution in [3.63, 3.8) is 0 Å². The Bertz CT molecular complexity index is 3440. The first-order valence-electron chi connectivity index (χ1n) is 28.7. The number of fused-ring (bicyclic) bond motifs is 8. The minimum Gasteiger partial charge on any atom is -0.494 e. The molecule has 0 saturated carbocycles. The van der Waals surface area contributed by atoms with Crippen LogP contribution in [-0.2, 0) is 27.9 Å². The Hall–Kier alpha value is -6.99. The van der Waals surface area contributed by atoms with Gasteiger partial charge in [-0.1, -0.05) is 103 Å². The van der Waals surface area contributed by atoms with Crippen LogP contribution in [0.25, 0.3) is 68.6 Å². The monoisotopic (exact) mass is 1160 g/mol. The van der Waals surface area contributed by atoms with Crippen molar-refractivity contribution >= 4 is 83.0 Å². The molecule has 432 valence electrons. The number of rotatable bonds is 20. The van der Waals surface area contributed by atoms with E-state index in [9.17, 15) is 9.59 Å². The molecule has 5 aromatic rings. The lowest BCUT2D eigenvalue weighted by atomic mass is 10.0. The summed E-state index contributed by atoms with van der Waals surface area (Å²) >= 11 is 0. The van der Waals surface area contributed by atoms with Crippen molar-refractivity contribution in [1.82, 2.24) is 19.9 Å². The van der Waals surface area contributed by atoms with Crippen LogP contribution in [0.2, 0.25) is 55.9 Å². The molecule has 0 radical (unpaired) electrons. The molecule has 15 heteroatoms. The number of carbonyl (C=O) groups is 2. The van der Waals surface area contributed by atoms with Crippen molar-refractivity contribution in [2.45, 2.75) is 137 Å². The van der Waals surface area contributed by atoms with Crippen LogP contribution in [0.3, 0.4) is 0 Å². The highest BCUT2D eigenvalue weighted by Gasteiger charge is 2.39. The molecule has 0 amide bonds. The van der Waals surface area contributed by atoms with Gasteiger partial charge in [-0.3, -0.25) is 9.59 Å². The number of nitrogens with zero attached hydrogens (tertiary/aromatic N) is 2. The van der Waals surface area contributed by atoms with Crippen LogP contribution in [0.1, 0.15) is 109 Å². The second kappa shape index (κ2) is 26.9. The lowest BCUT2D eigenvalue weighted by Gasteiger charge is -2.37. The Balaban J connectivity index is 1.47. The third kappa shape index (κ3) is 16.8. The fourth-order valence-electron chi connectivity index (χ4n) is 8.33. The zero-order valence-corrected chi connectivity index (χ0v) is 54.0. The average molecular weight is 1160 g/mol. The molecule has 2 aliphatic rings. The molecule has 3 aromatic heterocycles. The SMILES string of the molecule is CCOC(=O)CCCOc1ccc(-c2c3nc(c(C#C/C(CO[Si](C)(C)C(C)(C)C)=C(/C#C[Si](C)(C)C)CO[Si](C)(C)C(C)(C)C)c4ccc([nH]4)c(-c4ccc(OCCCC(=O)OCC)cc4)c4nc(cc5ccc2[nH]5)C=C4)C=C3)cc1. The van der Waals surface area contributed by atoms with Gasteiger partial charge in [0.25, 0.3) is 0 Å². The maximum Gasteiger partial charge on any atom is 0.305 e. The van der Waals surface area contributed by atoms with Gasteiger partial charge in [0.2, 0.25) is 0 Å². The quantitative estimate of drug-likeness (QED) is 0.0327. The summed E-state index contributed by atoms with van der Waals surface area (Å²) < 4.78 is 36.4. The number of aromatic amines is 2. The number of esters is 2. The van der Waals surface area contributed by atoms with Crippen molar-refractivity contribution in [3.8, 4) is 57.1 Å². The lowest BCUT2D eigenvalue weighted by molar-refractivity contribution is -0.144. The third-order valence-electron chi connectivity index (χ3n) is 15.1. The summed E-state index contributed by atoms with van der Waals surface area (Å²) in [7, 11) is -6.39. The van der Waals surface area contributed by atoms with Gasteiger partial charge in [-0.15, -0.1) is 5.54 Å². The van der Waals surface area contributed by atoms with Crippen molar-refractivity contribution in [2.75, 3.05) is 39.6 Å². The molecule has 2 N–H and O–H groups in total. The molecule has 7 rings (SSSR count). The molecule has 0 aliphatic carbocycles. The fraction of sp³-hybridized carbons (Fsp3) is 0.403. The van der Waals surface area contributed by atoms with Crippen molar-refractivity contribution < 1.29 is 37.4 Å². The summed E-state index contributed by atoms with van der Waals surface area (Å²) in [6, 6.07) is 26.3. The summed E-state index contributed by atoms with van der Waals surface area (Å²) in [5.41, 5.74) is 15.9. The van der Waals surface area contributed by atoms with Gasteiger partial charge in [-0.05, 0) is 153 Å². The minimum absolute atomic E-state index is 0.0184. The number of benzene rings is 2. The molecular weight excluding hydrogens is 1070 g/mol. The van der Waals surface area contributed by atoms with Crippen LogP contribution in [0.4, 0.5) is 0 Å². The number of H-pyrrole nitrogens is 2. The maximum absolute atomic E-state index is 12.0. The standard InChI is InChI=1S/C67H84N4O8Si3/c1-16-74-62(72)20-18-41-76-53-29-22-47(23-30-53)64-58-34-27-51(68-58)44-52-28-35-59(69-52)65(48-24-31-54(32-25-48)77-42-19-21-63(73)75-17-2)61-39-37-57(71-61)55(56-36-38-60(64)70-56)33-26-49(45-78-81(12,13)66(3,4)5)50(40-43-80(9,10)11)46-79-82(14,15)67(6,7)8/h22-25,27-32,34-39,44,68,71H,16-21,41-42,45-46H2,1-15H3/b50-49+,51-44?,52-44?,56-55?,57-55?,64-58?,64-60?,65-59?,65-61?. The Labute approximate surface area is 489 Å². The van der Waals surface area contributed by atoms with E-state index >= 15 is 0 Å². The second-order valence-electron chi connectivity index (χ2n) is 24.7. The van der Waals surface area contributed by atoms with E-state index < -0.39 is 24.7 Å². The summed E-state index contributed by atoms with van der Waals surface area (Å²) in [6.45, 7) is 35.1. The fourth-order valence-corrected chi connectivity index (χ4v) is 10.7. The molecule has 82 heavy (non-hydrogen) atoms. The van der Waals surface area contributed by atoms with E-state index in [1.54, 1.807) is 13.8 Å². The van der Waals surface area contributed by atoms with Gasteiger partial charge >= 0.3 is 11.9 Å². The van der Waals surface area contributed by atoms with Crippen LogP contribution in [-0.4, -0.2) is 96.2 Å². The molecule has 8 bridgehead atoms. The van der Waals surface area contributed by atoms with Gasteiger partial charge in [-0.25, -0.2) is 9.97 Å². The predicted molar refractivity (Wildman–Crippen MR) is 344 cm³/mol. The van der Waals surface area contributed by atoms with Gasteiger partial charge in [0, 0.05) is 51.7 Å². The van der Waals surface area contributed by atoms with Crippen LogP contribution >= 0.6 is 0 Å². The maximum atomic E-state index is 12.0. The minimum atomic E-state index is -2.29. The first-order chi connectivity index (χ1) is 38.7. The van der Waals surface area contributed by atoms with E-state index in [4.69, 9.17) is 37.8 Å². The smallest absolute Gasteiger partial charge is 0.305 e. The topological polar surface area (TPSA) is 147 Å². The van der Waals surface area contributed by atoms with Gasteiger partial charge in [0.05, 0.1) is 73.5 Å². The molecule has 0 fully saturated rings. The zero-order valence-electron chi connectivity index (χ0n) is 51.0. The van der Waals surface area contributed by atoms with Crippen LogP contribution in [0, 0.1) is 23.3 Å². The first kappa shape index (κ1) is 62.6. The average Bonchev–Trinajstić information content (AvgIpc) is 4.36. The van der Waals surface area contributed by atoms with Crippen molar-refractivity contribution in [2.24, 2.45) is 0 Å². The molecule has 2 aliphatic heterocycles. The van der Waals surface area contributed by atoms with E-state index in [0.717, 1.165) is 72.5 Å². The third-order valence-corrected chi connectivity index (χ3v) is 25.0. The molecule has 12 nitrogen and oxygen atoms in total. The molecule has 0 atom stereocenters. The number of hydrogen-bond acceptors (Lipinski definition) is 10. The molecule has 2 aromatic carbocycles. The zero-order chi connectivity index (χ0) is 59.5. The van der Waals surface area contributed by atoms with Gasteiger partial charge in [-0.2, -0.15) is 0 Å². The Morgan fingerprint density at radius 2 is 1.01 bits per heavy atom. The molecule has 5 heterocycles. The van der Waals surface area contributed by atoms with Crippen LogP contribution < -0.4 is 9.47 Å². The van der Waals surface area contributed by atoms with E-state index in [-0.39, 0.29) is 28.6 Å². The van der Waals surface area contributed by atoms with E-state index in [2.05, 4.69) is 151 Å². The number of ether oxygens (including phenoxy) is 4. The van der Waals surface area contributed by atoms with Crippen LogP contribution in [0.5, 0.6) is 11.5 Å². The summed E-state index contributed by atoms with van der Waals surface area (Å²) in [5, 5.41) is -0.0635. The highest BCUT2D eigenvalue weighted by atomic mass is 28.4. The highest BCUT2D eigenvalue weighted by Crippen LogP contribution is 2.39. The summed E-state index contributed by atoms with van der Waals surface area (Å²) in [5.74, 6) is 12.0. The summed E-state index contributed by atoms with van der Waals surface area (Å²) in [4.78, 5) is 42.2. The molecule has 0 spiro atoms. The van der Waals surface area contributed by atoms with Gasteiger partial charge < -0.3 is 37.8 Å². The molecule has 0 unspecified atom stereocenters. The van der Waals surface area contributed by atoms with Crippen molar-refractivity contribution in [1.29, 1.82) is 0 Å². The predicted octanol–water partition coefficient (Wildman–Crippen LogP) is 16.0. The molecular formula is C67H84N4O8Si3. The second-order valence-corrected chi connectivity index (χ2v) is 39.1. The normalized spacial score (nSPS) is 12.9. The number of carbonyl (C=O) groups excluding carboxylic acids is 2. The Morgan fingerprint density at radius 3 is 1.52 bits per heavy atom. The van der Waals surface area contributed by atoms with Gasteiger partial charge in [0.1, 0.15) is 19.6 Å². The largest absolute Gasteiger partial charge is 0.494 e. The van der Waals surface area contributed by atoms with E-state index in [1.165, 1.54) is 0 Å². The number of hydrogen-bond donors (Lipinski definition) is 2. The highest BCUT2D eigenvalue weighted by molar-refractivity contribution is 6.84. The first-order valence-corrected chi connectivity index (χ1v) is 38.0.